The van der Waals surface area contributed by atoms with Crippen molar-refractivity contribution in [1.29, 1.82) is 0 Å². The molecule has 3 aromatic heterocycles. The Hall–Kier alpha value is -3.93. The highest BCUT2D eigenvalue weighted by Gasteiger charge is 2.27. The Kier molecular flexibility index (Phi) is 6.59. The van der Waals surface area contributed by atoms with E-state index >= 15 is 0 Å². The second kappa shape index (κ2) is 9.97. The summed E-state index contributed by atoms with van der Waals surface area (Å²) >= 11 is 0. The lowest BCUT2D eigenvalue weighted by atomic mass is 9.86. The molecule has 6 nitrogen and oxygen atoms in total. The third-order valence-corrected chi connectivity index (χ3v) is 6.89. The number of nitrogens with zero attached hydrogens (tertiary/aromatic N) is 2. The molecule has 1 aliphatic rings. The Bertz CT molecular complexity index is 1470. The van der Waals surface area contributed by atoms with Crippen LogP contribution in [0.2, 0.25) is 0 Å². The van der Waals surface area contributed by atoms with E-state index < -0.39 is 5.97 Å². The highest BCUT2D eigenvalue weighted by molar-refractivity contribution is 6.08. The monoisotopic (exact) mass is 482 g/mol. The minimum atomic E-state index is -0.486. The molecule has 0 fully saturated rings. The number of esters is 1. The van der Waals surface area contributed by atoms with Crippen molar-refractivity contribution in [1.82, 2.24) is 9.55 Å². The maximum Gasteiger partial charge on any atom is 0.339 e. The largest absolute Gasteiger partial charge is 0.465 e. The summed E-state index contributed by atoms with van der Waals surface area (Å²) in [7, 11) is 0. The van der Waals surface area contributed by atoms with Crippen LogP contribution >= 0.6 is 0 Å². The number of carbonyl (C=O) groups excluding carboxylic acids is 2. The van der Waals surface area contributed by atoms with Crippen molar-refractivity contribution >= 4 is 34.3 Å². The van der Waals surface area contributed by atoms with Crippen LogP contribution in [0.5, 0.6) is 0 Å². The van der Waals surface area contributed by atoms with Crippen molar-refractivity contribution in [2.45, 2.75) is 53.0 Å². The minimum absolute atomic E-state index is 0.190. The van der Waals surface area contributed by atoms with Crippen molar-refractivity contribution in [2.24, 2.45) is 0 Å². The number of benzene rings is 1. The van der Waals surface area contributed by atoms with Gasteiger partial charge in [0.2, 0.25) is 5.78 Å². The van der Waals surface area contributed by atoms with Gasteiger partial charge in [0.15, 0.2) is 6.61 Å². The fourth-order valence-corrected chi connectivity index (χ4v) is 5.19. The number of Topliss-reactive ketones (excluding diaryl/α,β-unsaturated/α-hetero) is 1. The van der Waals surface area contributed by atoms with Crippen LogP contribution in [0, 0.1) is 13.8 Å². The van der Waals surface area contributed by atoms with E-state index in [1.165, 1.54) is 0 Å². The quantitative estimate of drug-likeness (QED) is 0.220. The van der Waals surface area contributed by atoms with Gasteiger partial charge in [-0.1, -0.05) is 25.1 Å². The summed E-state index contributed by atoms with van der Waals surface area (Å²) in [5, 5.41) is 0.745. The molecule has 1 aliphatic carbocycles. The zero-order valence-corrected chi connectivity index (χ0v) is 21.0. The first kappa shape index (κ1) is 23.8. The van der Waals surface area contributed by atoms with Gasteiger partial charge < -0.3 is 13.7 Å². The molecule has 5 rings (SSSR count). The molecule has 3 heterocycles. The molecular weight excluding hydrogens is 452 g/mol. The fourth-order valence-electron chi connectivity index (χ4n) is 5.19. The van der Waals surface area contributed by atoms with Crippen LogP contribution < -0.4 is 0 Å². The maximum absolute atomic E-state index is 13.5. The normalized spacial score (nSPS) is 14.2. The molecule has 0 bridgehead atoms. The van der Waals surface area contributed by atoms with Crippen LogP contribution in [-0.2, 0) is 17.7 Å². The van der Waals surface area contributed by atoms with Crippen LogP contribution in [0.3, 0.4) is 0 Å². The van der Waals surface area contributed by atoms with E-state index in [1.807, 2.05) is 62.4 Å². The van der Waals surface area contributed by atoms with Crippen molar-refractivity contribution in [3.63, 3.8) is 0 Å². The van der Waals surface area contributed by atoms with Crippen LogP contribution in [0.1, 0.15) is 75.3 Å². The van der Waals surface area contributed by atoms with Crippen LogP contribution in [-0.4, -0.2) is 27.9 Å². The number of rotatable bonds is 7. The zero-order valence-electron chi connectivity index (χ0n) is 21.0. The van der Waals surface area contributed by atoms with Gasteiger partial charge >= 0.3 is 5.97 Å². The summed E-state index contributed by atoms with van der Waals surface area (Å²) in [6.07, 6.45) is 7.07. The van der Waals surface area contributed by atoms with E-state index in [2.05, 4.69) is 11.5 Å². The number of ether oxygens (including phenoxy) is 1. The minimum Gasteiger partial charge on any atom is -0.465 e. The van der Waals surface area contributed by atoms with E-state index in [9.17, 15) is 9.59 Å². The smallest absolute Gasteiger partial charge is 0.339 e. The van der Waals surface area contributed by atoms with Crippen molar-refractivity contribution in [3.05, 3.63) is 88.3 Å². The topological polar surface area (TPSA) is 74.3 Å². The van der Waals surface area contributed by atoms with Gasteiger partial charge in [-0.15, -0.1) is 0 Å². The SMILES string of the molecule is CCCn1c(C)cc(C(=O)COC(=O)c2c3c(nc4ccccc24)C(=Cc2ccco2)CCC3)c1C. The van der Waals surface area contributed by atoms with Gasteiger partial charge in [0.25, 0.3) is 0 Å². The Morgan fingerprint density at radius 1 is 1.14 bits per heavy atom. The number of ketones is 1. The molecular formula is C30H30N2O4. The predicted octanol–water partition coefficient (Wildman–Crippen LogP) is 6.57. The summed E-state index contributed by atoms with van der Waals surface area (Å²) in [6, 6.07) is 13.2. The van der Waals surface area contributed by atoms with Gasteiger partial charge in [-0.25, -0.2) is 9.78 Å². The molecule has 0 spiro atoms. The predicted molar refractivity (Wildman–Crippen MR) is 140 cm³/mol. The van der Waals surface area contributed by atoms with Crippen LogP contribution in [0.25, 0.3) is 22.6 Å². The van der Waals surface area contributed by atoms with E-state index in [-0.39, 0.29) is 12.4 Å². The number of fused-ring (bicyclic) bond motifs is 2. The average molecular weight is 483 g/mol. The molecule has 36 heavy (non-hydrogen) atoms. The summed E-state index contributed by atoms with van der Waals surface area (Å²) in [6.45, 7) is 6.60. The number of furan rings is 1. The van der Waals surface area contributed by atoms with Crippen molar-refractivity contribution in [2.75, 3.05) is 6.61 Å². The number of pyridine rings is 1. The molecule has 0 aliphatic heterocycles. The first-order valence-corrected chi connectivity index (χ1v) is 12.5. The zero-order chi connectivity index (χ0) is 25.2. The second-order valence-corrected chi connectivity index (χ2v) is 9.31. The van der Waals surface area contributed by atoms with Crippen LogP contribution in [0.4, 0.5) is 0 Å². The number of hydrogen-bond donors (Lipinski definition) is 0. The lowest BCUT2D eigenvalue weighted by molar-refractivity contribution is 0.0475. The molecule has 0 N–H and O–H groups in total. The number of allylic oxidation sites excluding steroid dienone is 1. The maximum atomic E-state index is 13.5. The third kappa shape index (κ3) is 4.39. The number of carbonyl (C=O) groups is 2. The molecule has 0 atom stereocenters. The number of aromatic nitrogens is 2. The van der Waals surface area contributed by atoms with E-state index in [1.54, 1.807) is 6.26 Å². The molecule has 4 aromatic rings. The molecule has 0 saturated carbocycles. The fraction of sp³-hybridized carbons (Fsp3) is 0.300. The highest BCUT2D eigenvalue weighted by atomic mass is 16.5. The first-order valence-electron chi connectivity index (χ1n) is 12.5. The molecule has 0 radical (unpaired) electrons. The first-order chi connectivity index (χ1) is 17.5. The van der Waals surface area contributed by atoms with Gasteiger partial charge in [0.05, 0.1) is 23.0 Å². The second-order valence-electron chi connectivity index (χ2n) is 9.31. The van der Waals surface area contributed by atoms with E-state index in [0.717, 1.165) is 77.1 Å². The molecule has 0 saturated heterocycles. The Balaban J connectivity index is 1.48. The molecule has 0 amide bonds. The lowest BCUT2D eigenvalue weighted by Crippen LogP contribution is -2.19. The van der Waals surface area contributed by atoms with E-state index in [0.29, 0.717) is 11.1 Å². The van der Waals surface area contributed by atoms with Crippen LogP contribution in [0.15, 0.2) is 53.1 Å². The molecule has 184 valence electrons. The number of aryl methyl sites for hydroxylation is 1. The number of para-hydroxylation sites is 1. The molecule has 0 unspecified atom stereocenters. The van der Waals surface area contributed by atoms with E-state index in [4.69, 9.17) is 14.1 Å². The molecule has 1 aromatic carbocycles. The molecule has 6 heteroatoms. The lowest BCUT2D eigenvalue weighted by Gasteiger charge is -2.22. The standard InChI is InChI=1S/C30H30N2O4/c1-4-14-32-19(2)16-25(20(32)3)27(33)18-36-30(34)28-23-11-5-6-13-26(23)31-29-21(9-7-12-24(28)29)17-22-10-8-15-35-22/h5-6,8,10-11,13,15-17H,4,7,9,12,14,18H2,1-3H3. The third-order valence-electron chi connectivity index (χ3n) is 6.89. The summed E-state index contributed by atoms with van der Waals surface area (Å²) in [4.78, 5) is 31.5. The Morgan fingerprint density at radius 2 is 1.97 bits per heavy atom. The van der Waals surface area contributed by atoms with Gasteiger partial charge in [-0.05, 0) is 81.0 Å². The summed E-state index contributed by atoms with van der Waals surface area (Å²) in [5.41, 5.74) is 6.50. The van der Waals surface area contributed by atoms with Gasteiger partial charge in [-0.2, -0.15) is 0 Å². The van der Waals surface area contributed by atoms with Crippen molar-refractivity contribution < 1.29 is 18.7 Å². The summed E-state index contributed by atoms with van der Waals surface area (Å²) in [5.74, 6) is 0.0763. The summed E-state index contributed by atoms with van der Waals surface area (Å²) < 4.78 is 13.3. The highest BCUT2D eigenvalue weighted by Crippen LogP contribution is 2.36. The van der Waals surface area contributed by atoms with Gasteiger partial charge in [0.1, 0.15) is 5.76 Å². The van der Waals surface area contributed by atoms with Gasteiger partial charge in [-0.3, -0.25) is 4.79 Å². The van der Waals surface area contributed by atoms with Gasteiger partial charge in [0, 0.05) is 28.9 Å². The average Bonchev–Trinajstić information content (AvgIpc) is 3.49. The van der Waals surface area contributed by atoms with Crippen molar-refractivity contribution in [3.8, 4) is 0 Å². The Morgan fingerprint density at radius 3 is 2.75 bits per heavy atom. The number of hydrogen-bond acceptors (Lipinski definition) is 5. The Labute approximate surface area is 210 Å².